The first-order valence-electron chi connectivity index (χ1n) is 9.18. The SMILES string of the molecule is O=C(CCN1CCN(c2ccc([N+](=O)[O-])cc2)CC1)Nc1cccc([N+](=O)[O-])c1. The van der Waals surface area contributed by atoms with Crippen LogP contribution in [0.15, 0.2) is 48.5 Å². The average molecular weight is 399 g/mol. The van der Waals surface area contributed by atoms with Crippen molar-refractivity contribution in [3.8, 4) is 0 Å². The summed E-state index contributed by atoms with van der Waals surface area (Å²) in [4.78, 5) is 37.1. The normalized spacial score (nSPS) is 14.4. The fraction of sp³-hybridized carbons (Fsp3) is 0.316. The quantitative estimate of drug-likeness (QED) is 0.561. The number of nitro benzene ring substituents is 2. The van der Waals surface area contributed by atoms with E-state index in [9.17, 15) is 25.0 Å². The zero-order valence-corrected chi connectivity index (χ0v) is 15.7. The average Bonchev–Trinajstić information content (AvgIpc) is 2.73. The first-order valence-corrected chi connectivity index (χ1v) is 9.18. The van der Waals surface area contributed by atoms with Crippen molar-refractivity contribution in [1.29, 1.82) is 0 Å². The molecule has 1 amide bonds. The van der Waals surface area contributed by atoms with Gasteiger partial charge in [-0.15, -0.1) is 0 Å². The van der Waals surface area contributed by atoms with Gasteiger partial charge in [0.15, 0.2) is 0 Å². The van der Waals surface area contributed by atoms with E-state index in [4.69, 9.17) is 0 Å². The summed E-state index contributed by atoms with van der Waals surface area (Å²) in [7, 11) is 0. The first kappa shape index (κ1) is 20.2. The van der Waals surface area contributed by atoms with Crippen LogP contribution in [-0.2, 0) is 4.79 Å². The standard InChI is InChI=1S/C19H21N5O5/c25-19(20-15-2-1-3-18(14-15)24(28)29)8-9-21-10-12-22(13-11-21)16-4-6-17(7-5-16)23(26)27/h1-7,14H,8-13H2,(H,20,25). The Hall–Kier alpha value is -3.53. The summed E-state index contributed by atoms with van der Waals surface area (Å²) in [5.41, 5.74) is 1.36. The number of non-ortho nitro benzene ring substituents is 2. The molecule has 0 radical (unpaired) electrons. The van der Waals surface area contributed by atoms with Crippen LogP contribution < -0.4 is 10.2 Å². The summed E-state index contributed by atoms with van der Waals surface area (Å²) < 4.78 is 0. The van der Waals surface area contributed by atoms with Gasteiger partial charge in [0.25, 0.3) is 11.4 Å². The minimum atomic E-state index is -0.500. The second-order valence-electron chi connectivity index (χ2n) is 6.71. The van der Waals surface area contributed by atoms with Gasteiger partial charge in [0.2, 0.25) is 5.91 Å². The number of piperazine rings is 1. The van der Waals surface area contributed by atoms with Gasteiger partial charge in [-0.1, -0.05) is 6.07 Å². The minimum Gasteiger partial charge on any atom is -0.369 e. The van der Waals surface area contributed by atoms with Crippen LogP contribution in [0.1, 0.15) is 6.42 Å². The maximum absolute atomic E-state index is 12.1. The smallest absolute Gasteiger partial charge is 0.271 e. The Labute approximate surface area is 167 Å². The fourth-order valence-electron chi connectivity index (χ4n) is 3.20. The topological polar surface area (TPSA) is 122 Å². The van der Waals surface area contributed by atoms with Gasteiger partial charge in [-0.3, -0.25) is 29.9 Å². The molecule has 1 aliphatic heterocycles. The van der Waals surface area contributed by atoms with Crippen molar-refractivity contribution >= 4 is 28.7 Å². The highest BCUT2D eigenvalue weighted by atomic mass is 16.6. The van der Waals surface area contributed by atoms with Crippen LogP contribution in [0.3, 0.4) is 0 Å². The molecule has 1 aliphatic rings. The number of rotatable bonds is 7. The lowest BCUT2D eigenvalue weighted by molar-refractivity contribution is -0.385. The molecule has 0 atom stereocenters. The Morgan fingerprint density at radius 1 is 0.931 bits per heavy atom. The van der Waals surface area contributed by atoms with Crippen LogP contribution in [-0.4, -0.2) is 53.4 Å². The second kappa shape index (κ2) is 9.11. The molecule has 0 aromatic heterocycles. The van der Waals surface area contributed by atoms with Gasteiger partial charge >= 0.3 is 0 Å². The van der Waals surface area contributed by atoms with Crippen LogP contribution in [0.4, 0.5) is 22.7 Å². The Balaban J connectivity index is 1.43. The molecule has 2 aromatic rings. The van der Waals surface area contributed by atoms with Crippen LogP contribution >= 0.6 is 0 Å². The van der Waals surface area contributed by atoms with Crippen molar-refractivity contribution < 1.29 is 14.6 Å². The highest BCUT2D eigenvalue weighted by molar-refractivity contribution is 5.91. The molecule has 0 saturated carbocycles. The molecule has 29 heavy (non-hydrogen) atoms. The molecule has 0 spiro atoms. The van der Waals surface area contributed by atoms with E-state index in [1.54, 1.807) is 18.2 Å². The van der Waals surface area contributed by atoms with Crippen molar-refractivity contribution in [3.63, 3.8) is 0 Å². The molecular weight excluding hydrogens is 378 g/mol. The number of nitrogens with zero attached hydrogens (tertiary/aromatic N) is 4. The molecule has 1 saturated heterocycles. The predicted molar refractivity (Wildman–Crippen MR) is 108 cm³/mol. The fourth-order valence-corrected chi connectivity index (χ4v) is 3.20. The summed E-state index contributed by atoms with van der Waals surface area (Å²) in [6, 6.07) is 12.4. The number of carbonyl (C=O) groups excluding carboxylic acids is 1. The van der Waals surface area contributed by atoms with Gasteiger partial charge in [0.05, 0.1) is 9.85 Å². The predicted octanol–water partition coefficient (Wildman–Crippen LogP) is 2.65. The van der Waals surface area contributed by atoms with Crippen molar-refractivity contribution in [2.24, 2.45) is 0 Å². The van der Waals surface area contributed by atoms with Gasteiger partial charge in [-0.2, -0.15) is 0 Å². The summed E-state index contributed by atoms with van der Waals surface area (Å²) in [6.07, 6.45) is 0.292. The summed E-state index contributed by atoms with van der Waals surface area (Å²) in [5.74, 6) is -0.191. The number of nitrogens with one attached hydrogen (secondary N) is 1. The molecule has 1 N–H and O–H groups in total. The molecule has 3 rings (SSSR count). The Morgan fingerprint density at radius 2 is 1.59 bits per heavy atom. The third kappa shape index (κ3) is 5.48. The molecule has 0 aliphatic carbocycles. The Bertz CT molecular complexity index is 894. The maximum Gasteiger partial charge on any atom is 0.271 e. The van der Waals surface area contributed by atoms with Crippen LogP contribution in [0.2, 0.25) is 0 Å². The molecule has 10 heteroatoms. The highest BCUT2D eigenvalue weighted by Crippen LogP contribution is 2.21. The van der Waals surface area contributed by atoms with E-state index in [0.717, 1.165) is 31.9 Å². The minimum absolute atomic E-state index is 0.0647. The van der Waals surface area contributed by atoms with Crippen molar-refractivity contribution in [1.82, 2.24) is 4.90 Å². The Morgan fingerprint density at radius 3 is 2.21 bits per heavy atom. The van der Waals surface area contributed by atoms with Gasteiger partial charge in [-0.25, -0.2) is 0 Å². The monoisotopic (exact) mass is 399 g/mol. The maximum atomic E-state index is 12.1. The third-order valence-corrected chi connectivity index (χ3v) is 4.79. The van der Waals surface area contributed by atoms with Gasteiger partial charge in [-0.05, 0) is 18.2 Å². The van der Waals surface area contributed by atoms with Crippen molar-refractivity contribution in [3.05, 3.63) is 68.8 Å². The molecule has 152 valence electrons. The number of hydrogen-bond acceptors (Lipinski definition) is 7. The Kier molecular flexibility index (Phi) is 6.35. The van der Waals surface area contributed by atoms with E-state index < -0.39 is 9.85 Å². The van der Waals surface area contributed by atoms with Crippen molar-refractivity contribution in [2.75, 3.05) is 42.9 Å². The van der Waals surface area contributed by atoms with Crippen LogP contribution in [0.5, 0.6) is 0 Å². The first-order chi connectivity index (χ1) is 13.9. The second-order valence-corrected chi connectivity index (χ2v) is 6.71. The van der Waals surface area contributed by atoms with Crippen LogP contribution in [0, 0.1) is 20.2 Å². The van der Waals surface area contributed by atoms with E-state index in [0.29, 0.717) is 18.7 Å². The highest BCUT2D eigenvalue weighted by Gasteiger charge is 2.18. The lowest BCUT2D eigenvalue weighted by Gasteiger charge is -2.36. The van der Waals surface area contributed by atoms with E-state index in [1.807, 2.05) is 0 Å². The van der Waals surface area contributed by atoms with Crippen molar-refractivity contribution in [2.45, 2.75) is 6.42 Å². The number of benzene rings is 2. The molecule has 1 fully saturated rings. The zero-order valence-electron chi connectivity index (χ0n) is 15.7. The molecule has 0 unspecified atom stereocenters. The lowest BCUT2D eigenvalue weighted by atomic mass is 10.2. The van der Waals surface area contributed by atoms with E-state index in [1.165, 1.54) is 30.3 Å². The number of carbonyl (C=O) groups is 1. The van der Waals surface area contributed by atoms with Gasteiger partial charge < -0.3 is 10.2 Å². The number of hydrogen-bond donors (Lipinski definition) is 1. The molecule has 10 nitrogen and oxygen atoms in total. The third-order valence-electron chi connectivity index (χ3n) is 4.79. The van der Waals surface area contributed by atoms with E-state index in [2.05, 4.69) is 15.1 Å². The largest absolute Gasteiger partial charge is 0.369 e. The lowest BCUT2D eigenvalue weighted by Crippen LogP contribution is -2.47. The van der Waals surface area contributed by atoms with Gasteiger partial charge in [0, 0.05) is 74.8 Å². The molecular formula is C19H21N5O5. The molecule has 1 heterocycles. The number of amides is 1. The summed E-state index contributed by atoms with van der Waals surface area (Å²) >= 11 is 0. The molecule has 0 bridgehead atoms. The number of anilines is 2. The van der Waals surface area contributed by atoms with Crippen LogP contribution in [0.25, 0.3) is 0 Å². The zero-order chi connectivity index (χ0) is 20.8. The summed E-state index contributed by atoms with van der Waals surface area (Å²) in [6.45, 7) is 3.69. The number of nitro groups is 2. The molecule has 2 aromatic carbocycles. The summed E-state index contributed by atoms with van der Waals surface area (Å²) in [5, 5.41) is 24.2. The van der Waals surface area contributed by atoms with Gasteiger partial charge in [0.1, 0.15) is 0 Å². The van der Waals surface area contributed by atoms with E-state index >= 15 is 0 Å². The van der Waals surface area contributed by atoms with E-state index in [-0.39, 0.29) is 17.3 Å².